The molecule has 0 saturated heterocycles. The summed E-state index contributed by atoms with van der Waals surface area (Å²) in [5.74, 6) is -1.57. The molecule has 0 bridgehead atoms. The van der Waals surface area contributed by atoms with Gasteiger partial charge in [0.15, 0.2) is 0 Å². The molecule has 1 amide bonds. The third-order valence-corrected chi connectivity index (χ3v) is 2.39. The molecule has 1 aromatic rings. The van der Waals surface area contributed by atoms with Crippen LogP contribution in [0.1, 0.15) is 18.9 Å². The van der Waals surface area contributed by atoms with Crippen LogP contribution >= 0.6 is 0 Å². The lowest BCUT2D eigenvalue weighted by Gasteiger charge is -2.12. The van der Waals surface area contributed by atoms with Crippen LogP contribution in [0.3, 0.4) is 0 Å². The quantitative estimate of drug-likeness (QED) is 0.710. The minimum Gasteiger partial charge on any atom is -0.481 e. The van der Waals surface area contributed by atoms with Gasteiger partial charge >= 0.3 is 5.97 Å². The van der Waals surface area contributed by atoms with E-state index in [1.807, 2.05) is 19.1 Å². The largest absolute Gasteiger partial charge is 0.481 e. The SMILES string of the molecule is CCc1ccccc1NC(=O)C(N)CC(=O)O. The summed E-state index contributed by atoms with van der Waals surface area (Å²) in [4.78, 5) is 22.0. The lowest BCUT2D eigenvalue weighted by molar-refractivity contribution is -0.138. The van der Waals surface area contributed by atoms with E-state index in [9.17, 15) is 9.59 Å². The Balaban J connectivity index is 2.70. The van der Waals surface area contributed by atoms with Crippen LogP contribution in [0.4, 0.5) is 5.69 Å². The van der Waals surface area contributed by atoms with Crippen molar-refractivity contribution in [3.8, 4) is 0 Å². The number of amides is 1. The number of carboxylic acids is 1. The lowest BCUT2D eigenvalue weighted by Crippen LogP contribution is -2.37. The third kappa shape index (κ3) is 3.88. The van der Waals surface area contributed by atoms with E-state index >= 15 is 0 Å². The Bertz CT molecular complexity index is 418. The highest BCUT2D eigenvalue weighted by atomic mass is 16.4. The summed E-state index contributed by atoms with van der Waals surface area (Å²) in [6, 6.07) is 6.32. The van der Waals surface area contributed by atoms with Gasteiger partial charge in [0.2, 0.25) is 5.91 Å². The number of nitrogens with two attached hydrogens (primary N) is 1. The highest BCUT2D eigenvalue weighted by molar-refractivity contribution is 5.97. The Morgan fingerprint density at radius 3 is 2.65 bits per heavy atom. The molecule has 0 aromatic heterocycles. The Morgan fingerprint density at radius 2 is 2.06 bits per heavy atom. The van der Waals surface area contributed by atoms with Crippen molar-refractivity contribution in [2.45, 2.75) is 25.8 Å². The molecular weight excluding hydrogens is 220 g/mol. The van der Waals surface area contributed by atoms with Gasteiger partial charge in [-0.25, -0.2) is 0 Å². The zero-order chi connectivity index (χ0) is 12.8. The van der Waals surface area contributed by atoms with Gasteiger partial charge in [0.1, 0.15) is 0 Å². The summed E-state index contributed by atoms with van der Waals surface area (Å²) >= 11 is 0. The van der Waals surface area contributed by atoms with Crippen LogP contribution in [0.5, 0.6) is 0 Å². The Kier molecular flexibility index (Phi) is 4.66. The zero-order valence-corrected chi connectivity index (χ0v) is 9.64. The first-order chi connectivity index (χ1) is 8.04. The van der Waals surface area contributed by atoms with Crippen LogP contribution < -0.4 is 11.1 Å². The van der Waals surface area contributed by atoms with Crippen LogP contribution in [0.15, 0.2) is 24.3 Å². The fraction of sp³-hybridized carbons (Fsp3) is 0.333. The summed E-state index contributed by atoms with van der Waals surface area (Å²) in [5.41, 5.74) is 7.14. The monoisotopic (exact) mass is 236 g/mol. The predicted octanol–water partition coefficient (Wildman–Crippen LogP) is 0.990. The Morgan fingerprint density at radius 1 is 1.41 bits per heavy atom. The first-order valence-corrected chi connectivity index (χ1v) is 5.40. The molecule has 0 aliphatic heterocycles. The molecular formula is C12H16N2O3. The number of aryl methyl sites for hydroxylation is 1. The maximum Gasteiger partial charge on any atom is 0.305 e. The van der Waals surface area contributed by atoms with Gasteiger partial charge in [-0.2, -0.15) is 0 Å². The fourth-order valence-electron chi connectivity index (χ4n) is 1.46. The summed E-state index contributed by atoms with van der Waals surface area (Å²) in [5, 5.41) is 11.2. The average molecular weight is 236 g/mol. The van der Waals surface area contributed by atoms with E-state index in [0.717, 1.165) is 12.0 Å². The smallest absolute Gasteiger partial charge is 0.305 e. The van der Waals surface area contributed by atoms with Crippen LogP contribution in [-0.4, -0.2) is 23.0 Å². The van der Waals surface area contributed by atoms with E-state index < -0.39 is 17.9 Å². The number of carboxylic acid groups (broad SMARTS) is 1. The number of rotatable bonds is 5. The molecule has 1 unspecified atom stereocenters. The van der Waals surface area contributed by atoms with Crippen LogP contribution in [0.2, 0.25) is 0 Å². The number of para-hydroxylation sites is 1. The van der Waals surface area contributed by atoms with E-state index in [0.29, 0.717) is 5.69 Å². The Labute approximate surface area is 99.6 Å². The maximum absolute atomic E-state index is 11.6. The van der Waals surface area contributed by atoms with Crippen molar-refractivity contribution >= 4 is 17.6 Å². The summed E-state index contributed by atoms with van der Waals surface area (Å²) in [6.45, 7) is 1.97. The number of carbonyl (C=O) groups is 2. The summed E-state index contributed by atoms with van der Waals surface area (Å²) < 4.78 is 0. The topological polar surface area (TPSA) is 92.4 Å². The number of aliphatic carboxylic acids is 1. The number of nitrogens with one attached hydrogen (secondary N) is 1. The minimum atomic E-state index is -1.09. The Hall–Kier alpha value is -1.88. The van der Waals surface area contributed by atoms with E-state index in [4.69, 9.17) is 10.8 Å². The van der Waals surface area contributed by atoms with Gasteiger partial charge < -0.3 is 16.2 Å². The van der Waals surface area contributed by atoms with E-state index in [2.05, 4.69) is 5.32 Å². The molecule has 0 spiro atoms. The summed E-state index contributed by atoms with van der Waals surface area (Å²) in [7, 11) is 0. The molecule has 0 saturated carbocycles. The predicted molar refractivity (Wildman–Crippen MR) is 64.7 cm³/mol. The molecule has 1 aromatic carbocycles. The molecule has 0 aliphatic rings. The van der Waals surface area contributed by atoms with Gasteiger partial charge in [0.05, 0.1) is 12.5 Å². The highest BCUT2D eigenvalue weighted by Gasteiger charge is 2.17. The van der Waals surface area contributed by atoms with E-state index in [-0.39, 0.29) is 6.42 Å². The van der Waals surface area contributed by atoms with Crippen molar-refractivity contribution in [1.29, 1.82) is 0 Å². The third-order valence-electron chi connectivity index (χ3n) is 2.39. The first kappa shape index (κ1) is 13.2. The van der Waals surface area contributed by atoms with Gasteiger partial charge in [-0.3, -0.25) is 9.59 Å². The maximum atomic E-state index is 11.6. The molecule has 0 aliphatic carbocycles. The van der Waals surface area contributed by atoms with Crippen molar-refractivity contribution < 1.29 is 14.7 Å². The van der Waals surface area contributed by atoms with Crippen molar-refractivity contribution in [3.05, 3.63) is 29.8 Å². The van der Waals surface area contributed by atoms with Crippen molar-refractivity contribution in [3.63, 3.8) is 0 Å². The number of benzene rings is 1. The van der Waals surface area contributed by atoms with Crippen molar-refractivity contribution in [2.75, 3.05) is 5.32 Å². The molecule has 0 fully saturated rings. The molecule has 1 atom stereocenters. The molecule has 5 heteroatoms. The molecule has 5 nitrogen and oxygen atoms in total. The van der Waals surface area contributed by atoms with Crippen LogP contribution in [0.25, 0.3) is 0 Å². The van der Waals surface area contributed by atoms with Gasteiger partial charge in [-0.1, -0.05) is 25.1 Å². The number of hydrogen-bond acceptors (Lipinski definition) is 3. The van der Waals surface area contributed by atoms with Gasteiger partial charge in [-0.15, -0.1) is 0 Å². The normalized spacial score (nSPS) is 11.9. The molecule has 17 heavy (non-hydrogen) atoms. The minimum absolute atomic E-state index is 0.375. The second-order valence-electron chi connectivity index (χ2n) is 3.70. The average Bonchev–Trinajstić information content (AvgIpc) is 2.28. The summed E-state index contributed by atoms with van der Waals surface area (Å²) in [6.07, 6.45) is 0.407. The standard InChI is InChI=1S/C12H16N2O3/c1-2-8-5-3-4-6-10(8)14-12(17)9(13)7-11(15)16/h3-6,9H,2,7,13H2,1H3,(H,14,17)(H,15,16). The zero-order valence-electron chi connectivity index (χ0n) is 9.64. The van der Waals surface area contributed by atoms with Crippen LogP contribution in [0, 0.1) is 0 Å². The van der Waals surface area contributed by atoms with Gasteiger partial charge in [0, 0.05) is 5.69 Å². The second-order valence-corrected chi connectivity index (χ2v) is 3.70. The van der Waals surface area contributed by atoms with Crippen molar-refractivity contribution in [2.24, 2.45) is 5.73 Å². The van der Waals surface area contributed by atoms with Crippen molar-refractivity contribution in [1.82, 2.24) is 0 Å². The molecule has 0 radical (unpaired) electrons. The molecule has 1 rings (SSSR count). The second kappa shape index (κ2) is 6.00. The molecule has 4 N–H and O–H groups in total. The first-order valence-electron chi connectivity index (χ1n) is 5.40. The molecule has 92 valence electrons. The number of carbonyl (C=O) groups excluding carboxylic acids is 1. The van der Waals surface area contributed by atoms with Gasteiger partial charge in [-0.05, 0) is 18.1 Å². The molecule has 0 heterocycles. The van der Waals surface area contributed by atoms with E-state index in [1.165, 1.54) is 0 Å². The number of anilines is 1. The van der Waals surface area contributed by atoms with E-state index in [1.54, 1.807) is 12.1 Å². The fourth-order valence-corrected chi connectivity index (χ4v) is 1.46. The highest BCUT2D eigenvalue weighted by Crippen LogP contribution is 2.15. The van der Waals surface area contributed by atoms with Crippen LogP contribution in [-0.2, 0) is 16.0 Å². The number of hydrogen-bond donors (Lipinski definition) is 3. The van der Waals surface area contributed by atoms with Gasteiger partial charge in [0.25, 0.3) is 0 Å². The lowest BCUT2D eigenvalue weighted by atomic mass is 10.1.